The van der Waals surface area contributed by atoms with Crippen LogP contribution in [-0.2, 0) is 19.0 Å². The van der Waals surface area contributed by atoms with E-state index in [4.69, 9.17) is 9.47 Å². The van der Waals surface area contributed by atoms with Crippen molar-refractivity contribution in [1.29, 1.82) is 0 Å². The molecular formula is C8H14O4. The Morgan fingerprint density at radius 2 is 2.17 bits per heavy atom. The molecule has 0 spiro atoms. The second kappa shape index (κ2) is 5.11. The molecule has 0 aromatic rings. The molecule has 1 fully saturated rings. The lowest BCUT2D eigenvalue weighted by Crippen LogP contribution is -2.25. The molecule has 0 unspecified atom stereocenters. The molecule has 12 heavy (non-hydrogen) atoms. The molecule has 1 aliphatic rings. The summed E-state index contributed by atoms with van der Waals surface area (Å²) in [5.41, 5.74) is 0. The van der Waals surface area contributed by atoms with Crippen molar-refractivity contribution in [3.63, 3.8) is 0 Å². The number of carbonyl (C=O) groups is 1. The van der Waals surface area contributed by atoms with E-state index < -0.39 is 0 Å². The van der Waals surface area contributed by atoms with Crippen LogP contribution in [0.25, 0.3) is 0 Å². The number of carbonyl (C=O) groups excluding carboxylic acids is 1. The van der Waals surface area contributed by atoms with Crippen molar-refractivity contribution in [2.75, 3.05) is 20.7 Å². The van der Waals surface area contributed by atoms with Crippen LogP contribution < -0.4 is 0 Å². The highest BCUT2D eigenvalue weighted by Crippen LogP contribution is 2.27. The fourth-order valence-corrected chi connectivity index (χ4v) is 0.979. The van der Waals surface area contributed by atoms with Gasteiger partial charge < -0.3 is 14.2 Å². The molecule has 0 radical (unpaired) electrons. The number of hydrogen-bond acceptors (Lipinski definition) is 4. The van der Waals surface area contributed by atoms with E-state index in [0.29, 0.717) is 0 Å². The van der Waals surface area contributed by atoms with Gasteiger partial charge in [-0.15, -0.1) is 0 Å². The highest BCUT2D eigenvalue weighted by atomic mass is 16.7. The SMILES string of the molecule is COCOCOC(=O)C1CCC1. The molecule has 0 heterocycles. The van der Waals surface area contributed by atoms with Gasteiger partial charge in [0.2, 0.25) is 0 Å². The van der Waals surface area contributed by atoms with Gasteiger partial charge in [-0.1, -0.05) is 6.42 Å². The van der Waals surface area contributed by atoms with Gasteiger partial charge in [0.1, 0.15) is 6.79 Å². The van der Waals surface area contributed by atoms with Gasteiger partial charge >= 0.3 is 5.97 Å². The molecule has 0 aliphatic heterocycles. The molecular weight excluding hydrogens is 160 g/mol. The Morgan fingerprint density at radius 3 is 2.67 bits per heavy atom. The Bertz CT molecular complexity index is 142. The van der Waals surface area contributed by atoms with Gasteiger partial charge in [0, 0.05) is 7.11 Å². The molecule has 4 heteroatoms. The van der Waals surface area contributed by atoms with Crippen LogP contribution in [0.5, 0.6) is 0 Å². The van der Waals surface area contributed by atoms with E-state index >= 15 is 0 Å². The van der Waals surface area contributed by atoms with E-state index in [2.05, 4.69) is 4.74 Å². The van der Waals surface area contributed by atoms with Crippen LogP contribution >= 0.6 is 0 Å². The fraction of sp³-hybridized carbons (Fsp3) is 0.875. The lowest BCUT2D eigenvalue weighted by molar-refractivity contribution is -0.172. The molecule has 0 amide bonds. The molecule has 0 atom stereocenters. The number of hydrogen-bond donors (Lipinski definition) is 0. The summed E-state index contributed by atoms with van der Waals surface area (Å²) in [4.78, 5) is 11.0. The standard InChI is InChI=1S/C8H14O4/c1-10-5-11-6-12-8(9)7-3-2-4-7/h7H,2-6H2,1H3. The van der Waals surface area contributed by atoms with Gasteiger partial charge in [0.05, 0.1) is 5.92 Å². The first kappa shape index (κ1) is 9.48. The Kier molecular flexibility index (Phi) is 4.04. The molecule has 0 saturated heterocycles. The zero-order valence-electron chi connectivity index (χ0n) is 7.25. The van der Waals surface area contributed by atoms with Gasteiger partial charge in [0.25, 0.3) is 0 Å². The van der Waals surface area contributed by atoms with Crippen LogP contribution in [0.1, 0.15) is 19.3 Å². The predicted molar refractivity (Wildman–Crippen MR) is 41.3 cm³/mol. The summed E-state index contributed by atoms with van der Waals surface area (Å²) in [7, 11) is 1.52. The topological polar surface area (TPSA) is 44.8 Å². The second-order valence-electron chi connectivity index (χ2n) is 2.82. The summed E-state index contributed by atoms with van der Waals surface area (Å²) < 4.78 is 14.2. The number of esters is 1. The van der Waals surface area contributed by atoms with E-state index in [1.807, 2.05) is 0 Å². The maximum Gasteiger partial charge on any atom is 0.311 e. The van der Waals surface area contributed by atoms with Gasteiger partial charge in [-0.05, 0) is 12.8 Å². The van der Waals surface area contributed by atoms with Gasteiger partial charge in [-0.3, -0.25) is 4.79 Å². The van der Waals surface area contributed by atoms with Crippen molar-refractivity contribution in [3.8, 4) is 0 Å². The van der Waals surface area contributed by atoms with Crippen LogP contribution in [0.15, 0.2) is 0 Å². The van der Waals surface area contributed by atoms with Crippen LogP contribution in [0.4, 0.5) is 0 Å². The number of ether oxygens (including phenoxy) is 3. The molecule has 0 bridgehead atoms. The average molecular weight is 174 g/mol. The fourth-order valence-electron chi connectivity index (χ4n) is 0.979. The van der Waals surface area contributed by atoms with Gasteiger partial charge in [-0.25, -0.2) is 0 Å². The monoisotopic (exact) mass is 174 g/mol. The van der Waals surface area contributed by atoms with Crippen LogP contribution in [0.2, 0.25) is 0 Å². The minimum absolute atomic E-state index is 0.00315. The predicted octanol–water partition coefficient (Wildman–Crippen LogP) is 0.908. The first-order valence-electron chi connectivity index (χ1n) is 4.08. The van der Waals surface area contributed by atoms with Crippen molar-refractivity contribution in [2.24, 2.45) is 5.92 Å². The van der Waals surface area contributed by atoms with E-state index in [1.54, 1.807) is 0 Å². The van der Waals surface area contributed by atoms with Crippen LogP contribution in [-0.4, -0.2) is 26.7 Å². The van der Waals surface area contributed by atoms with E-state index in [0.717, 1.165) is 19.3 Å². The number of methoxy groups -OCH3 is 1. The smallest absolute Gasteiger partial charge is 0.311 e. The van der Waals surface area contributed by atoms with Crippen molar-refractivity contribution < 1.29 is 19.0 Å². The van der Waals surface area contributed by atoms with Gasteiger partial charge in [-0.2, -0.15) is 0 Å². The molecule has 1 rings (SSSR count). The zero-order valence-corrected chi connectivity index (χ0v) is 7.25. The third kappa shape index (κ3) is 2.79. The minimum atomic E-state index is -0.141. The van der Waals surface area contributed by atoms with Crippen LogP contribution in [0, 0.1) is 5.92 Å². The summed E-state index contributed by atoms with van der Waals surface area (Å²) in [5, 5.41) is 0. The van der Waals surface area contributed by atoms with Crippen LogP contribution in [0.3, 0.4) is 0 Å². The summed E-state index contributed by atoms with van der Waals surface area (Å²) in [5.74, 6) is -0.0199. The quantitative estimate of drug-likeness (QED) is 0.353. The number of rotatable bonds is 5. The lowest BCUT2D eigenvalue weighted by Gasteiger charge is -2.22. The molecule has 4 nitrogen and oxygen atoms in total. The molecule has 1 saturated carbocycles. The third-order valence-electron chi connectivity index (χ3n) is 1.92. The van der Waals surface area contributed by atoms with E-state index in [1.165, 1.54) is 7.11 Å². The largest absolute Gasteiger partial charge is 0.438 e. The normalized spacial score (nSPS) is 17.1. The second-order valence-corrected chi connectivity index (χ2v) is 2.82. The van der Waals surface area contributed by atoms with Crippen molar-refractivity contribution in [1.82, 2.24) is 0 Å². The summed E-state index contributed by atoms with van der Waals surface area (Å²) in [6.07, 6.45) is 3.06. The molecule has 0 aromatic heterocycles. The van der Waals surface area contributed by atoms with Gasteiger partial charge in [0.15, 0.2) is 6.79 Å². The van der Waals surface area contributed by atoms with Crippen molar-refractivity contribution in [2.45, 2.75) is 19.3 Å². The van der Waals surface area contributed by atoms with Crippen molar-refractivity contribution in [3.05, 3.63) is 0 Å². The Balaban J connectivity index is 1.94. The summed E-state index contributed by atoms with van der Waals surface area (Å²) in [6.45, 7) is 0.168. The summed E-state index contributed by atoms with van der Waals surface area (Å²) >= 11 is 0. The van der Waals surface area contributed by atoms with Crippen molar-refractivity contribution >= 4 is 5.97 Å². The molecule has 0 aromatic carbocycles. The molecule has 0 N–H and O–H groups in total. The molecule has 1 aliphatic carbocycles. The maximum atomic E-state index is 11.0. The Labute approximate surface area is 71.8 Å². The zero-order chi connectivity index (χ0) is 8.81. The first-order chi connectivity index (χ1) is 5.84. The Morgan fingerprint density at radius 1 is 1.42 bits per heavy atom. The van der Waals surface area contributed by atoms with E-state index in [-0.39, 0.29) is 25.5 Å². The summed E-state index contributed by atoms with van der Waals surface area (Å²) in [6, 6.07) is 0. The minimum Gasteiger partial charge on any atom is -0.438 e. The highest BCUT2D eigenvalue weighted by Gasteiger charge is 2.26. The highest BCUT2D eigenvalue weighted by molar-refractivity contribution is 5.73. The Hall–Kier alpha value is -0.610. The third-order valence-corrected chi connectivity index (χ3v) is 1.92. The lowest BCUT2D eigenvalue weighted by atomic mass is 9.86. The average Bonchev–Trinajstić information content (AvgIpc) is 1.95. The first-order valence-corrected chi connectivity index (χ1v) is 4.08. The van der Waals surface area contributed by atoms with E-state index in [9.17, 15) is 4.79 Å². The molecule has 70 valence electrons. The maximum absolute atomic E-state index is 11.0.